The maximum Gasteiger partial charge on any atom is 0.240 e. The van der Waals surface area contributed by atoms with Gasteiger partial charge in [0.15, 0.2) is 0 Å². The number of sulfonamides is 1. The fourth-order valence-electron chi connectivity index (χ4n) is 1.71. The molecule has 0 saturated carbocycles. The maximum absolute atomic E-state index is 11.7. The zero-order valence-corrected chi connectivity index (χ0v) is 10.1. The van der Waals surface area contributed by atoms with Gasteiger partial charge in [-0.15, -0.1) is 0 Å². The summed E-state index contributed by atoms with van der Waals surface area (Å²) in [6.45, 7) is 4.35. The van der Waals surface area contributed by atoms with Crippen molar-refractivity contribution in [3.8, 4) is 0 Å². The Morgan fingerprint density at radius 1 is 1.29 bits per heavy atom. The molecule has 1 N–H and O–H groups in total. The summed E-state index contributed by atoms with van der Waals surface area (Å²) >= 11 is 0. The molecule has 1 aliphatic heterocycles. The van der Waals surface area contributed by atoms with Crippen LogP contribution >= 0.6 is 0 Å². The lowest BCUT2D eigenvalue weighted by atomic mass is 10.4. The fourth-order valence-corrected chi connectivity index (χ4v) is 7.40. The van der Waals surface area contributed by atoms with Crippen LogP contribution in [0, 0.1) is 0 Å². The number of rotatable bonds is 0. The van der Waals surface area contributed by atoms with Crippen molar-refractivity contribution in [3.05, 3.63) is 24.3 Å². The summed E-state index contributed by atoms with van der Waals surface area (Å²) in [6.07, 6.45) is 0.604. The molecular formula is C9H13NO2SSi. The van der Waals surface area contributed by atoms with Crippen molar-refractivity contribution in [1.29, 1.82) is 0 Å². The molecule has 0 unspecified atom stereocenters. The van der Waals surface area contributed by atoms with Gasteiger partial charge in [-0.25, -0.2) is 13.1 Å². The van der Waals surface area contributed by atoms with E-state index in [0.717, 1.165) is 5.19 Å². The highest BCUT2D eigenvalue weighted by molar-refractivity contribution is 7.90. The van der Waals surface area contributed by atoms with Gasteiger partial charge in [-0.2, -0.15) is 0 Å². The Balaban J connectivity index is 2.74. The van der Waals surface area contributed by atoms with Crippen LogP contribution in [0.3, 0.4) is 0 Å². The minimum Gasteiger partial charge on any atom is -0.214 e. The molecule has 0 spiro atoms. The minimum absolute atomic E-state index is 0.475. The third-order valence-electron chi connectivity index (χ3n) is 2.61. The van der Waals surface area contributed by atoms with E-state index in [4.69, 9.17) is 0 Å². The Bertz CT molecular complexity index is 467. The Kier molecular flexibility index (Phi) is 2.06. The molecule has 0 aliphatic carbocycles. The van der Waals surface area contributed by atoms with Gasteiger partial charge in [0.1, 0.15) is 0 Å². The molecule has 0 amide bonds. The molecule has 0 atom stereocenters. The van der Waals surface area contributed by atoms with E-state index in [9.17, 15) is 8.42 Å². The quantitative estimate of drug-likeness (QED) is 0.654. The topological polar surface area (TPSA) is 46.2 Å². The highest BCUT2D eigenvalue weighted by atomic mass is 32.2. The van der Waals surface area contributed by atoms with Crippen LogP contribution < -0.4 is 9.91 Å². The normalized spacial score (nSPS) is 22.7. The predicted molar refractivity (Wildman–Crippen MR) is 58.7 cm³/mol. The molecule has 1 aromatic carbocycles. The third kappa shape index (κ3) is 1.41. The zero-order chi connectivity index (χ0) is 10.4. The molecule has 1 heterocycles. The Morgan fingerprint density at radius 3 is 2.57 bits per heavy atom. The second kappa shape index (κ2) is 2.92. The van der Waals surface area contributed by atoms with Gasteiger partial charge in [0.25, 0.3) is 0 Å². The van der Waals surface area contributed by atoms with E-state index in [1.54, 1.807) is 12.1 Å². The van der Waals surface area contributed by atoms with Crippen LogP contribution in [0.4, 0.5) is 0 Å². The summed E-state index contributed by atoms with van der Waals surface area (Å²) in [5.74, 6) is 0. The summed E-state index contributed by atoms with van der Waals surface area (Å²) in [6, 6.07) is 7.31. The van der Waals surface area contributed by atoms with Crippen LogP contribution in [-0.2, 0) is 10.0 Å². The molecule has 0 fully saturated rings. The standard InChI is InChI=1S/C9H13NO2SSi/c1-14(2)7-10-13(11,12)8-5-3-4-6-9(8)14/h3-6,10H,7H2,1-2H3. The van der Waals surface area contributed by atoms with Crippen molar-refractivity contribution < 1.29 is 8.42 Å². The zero-order valence-electron chi connectivity index (χ0n) is 8.24. The van der Waals surface area contributed by atoms with E-state index >= 15 is 0 Å². The second-order valence-corrected chi connectivity index (χ2v) is 10.6. The van der Waals surface area contributed by atoms with Gasteiger partial charge in [-0.05, 0) is 11.3 Å². The molecule has 1 aliphatic rings. The average molecular weight is 227 g/mol. The van der Waals surface area contributed by atoms with Gasteiger partial charge in [-0.3, -0.25) is 0 Å². The van der Waals surface area contributed by atoms with E-state index in [0.29, 0.717) is 11.1 Å². The molecule has 0 saturated heterocycles. The largest absolute Gasteiger partial charge is 0.240 e. The number of nitrogens with one attached hydrogen (secondary N) is 1. The van der Waals surface area contributed by atoms with Crippen molar-refractivity contribution in [2.24, 2.45) is 0 Å². The fraction of sp³-hybridized carbons (Fsp3) is 0.333. The molecule has 2 rings (SSSR count). The number of fused-ring (bicyclic) bond motifs is 1. The van der Waals surface area contributed by atoms with Crippen molar-refractivity contribution in [3.63, 3.8) is 0 Å². The summed E-state index contributed by atoms with van der Waals surface area (Å²) in [5.41, 5.74) is 0. The first kappa shape index (κ1) is 9.89. The molecule has 0 bridgehead atoms. The summed E-state index contributed by atoms with van der Waals surface area (Å²) in [5, 5.41) is 1.04. The van der Waals surface area contributed by atoms with Crippen LogP contribution in [0.1, 0.15) is 0 Å². The van der Waals surface area contributed by atoms with Gasteiger partial charge in [0.05, 0.1) is 13.0 Å². The molecule has 5 heteroatoms. The van der Waals surface area contributed by atoms with Crippen molar-refractivity contribution in [2.75, 3.05) is 6.17 Å². The molecule has 0 radical (unpaired) electrons. The van der Waals surface area contributed by atoms with Crippen LogP contribution in [-0.4, -0.2) is 22.7 Å². The van der Waals surface area contributed by atoms with Crippen LogP contribution in [0.25, 0.3) is 0 Å². The summed E-state index contributed by atoms with van der Waals surface area (Å²) in [7, 11) is -4.82. The van der Waals surface area contributed by atoms with E-state index in [2.05, 4.69) is 17.8 Å². The SMILES string of the molecule is C[Si]1(C)CNS(=O)(=O)c2ccccc21. The number of benzene rings is 1. The Labute approximate surface area is 85.2 Å². The van der Waals surface area contributed by atoms with E-state index in [1.807, 2.05) is 12.1 Å². The Morgan fingerprint density at radius 2 is 1.93 bits per heavy atom. The minimum atomic E-state index is -3.23. The highest BCUT2D eigenvalue weighted by Crippen LogP contribution is 2.16. The van der Waals surface area contributed by atoms with Gasteiger partial charge in [0.2, 0.25) is 10.0 Å². The Hall–Kier alpha value is -0.653. The van der Waals surface area contributed by atoms with Gasteiger partial charge >= 0.3 is 0 Å². The van der Waals surface area contributed by atoms with Gasteiger partial charge in [0, 0.05) is 6.17 Å². The number of hydrogen-bond donors (Lipinski definition) is 1. The number of hydrogen-bond acceptors (Lipinski definition) is 2. The van der Waals surface area contributed by atoms with E-state index in [1.165, 1.54) is 0 Å². The first-order valence-electron chi connectivity index (χ1n) is 4.53. The van der Waals surface area contributed by atoms with Crippen LogP contribution in [0.15, 0.2) is 29.2 Å². The van der Waals surface area contributed by atoms with Crippen LogP contribution in [0.2, 0.25) is 13.1 Å². The summed E-state index contributed by atoms with van der Waals surface area (Å²) in [4.78, 5) is 0.475. The van der Waals surface area contributed by atoms with Gasteiger partial charge in [-0.1, -0.05) is 31.3 Å². The van der Waals surface area contributed by atoms with Gasteiger partial charge < -0.3 is 0 Å². The van der Waals surface area contributed by atoms with Crippen molar-refractivity contribution in [1.82, 2.24) is 4.72 Å². The highest BCUT2D eigenvalue weighted by Gasteiger charge is 2.36. The van der Waals surface area contributed by atoms with E-state index < -0.39 is 18.1 Å². The lowest BCUT2D eigenvalue weighted by molar-refractivity contribution is 0.585. The smallest absolute Gasteiger partial charge is 0.214 e. The molecule has 1 aromatic rings. The van der Waals surface area contributed by atoms with Crippen LogP contribution in [0.5, 0.6) is 0 Å². The first-order chi connectivity index (χ1) is 6.43. The average Bonchev–Trinajstić information content (AvgIpc) is 2.14. The second-order valence-electron chi connectivity index (χ2n) is 4.20. The molecule has 3 nitrogen and oxygen atoms in total. The lowest BCUT2D eigenvalue weighted by Gasteiger charge is -2.30. The van der Waals surface area contributed by atoms with E-state index in [-0.39, 0.29) is 0 Å². The monoisotopic (exact) mass is 227 g/mol. The maximum atomic E-state index is 11.7. The first-order valence-corrected chi connectivity index (χ1v) is 9.22. The molecular weight excluding hydrogens is 214 g/mol. The molecule has 14 heavy (non-hydrogen) atoms. The van der Waals surface area contributed by atoms with Crippen molar-refractivity contribution in [2.45, 2.75) is 18.0 Å². The molecule has 76 valence electrons. The lowest BCUT2D eigenvalue weighted by Crippen LogP contribution is -2.58. The third-order valence-corrected chi connectivity index (χ3v) is 7.46. The summed E-state index contributed by atoms with van der Waals surface area (Å²) < 4.78 is 26.0. The van der Waals surface area contributed by atoms with Crippen molar-refractivity contribution >= 4 is 23.3 Å². The predicted octanol–water partition coefficient (Wildman–Crippen LogP) is 0.433. The molecule has 0 aromatic heterocycles.